The number of fused-ring (bicyclic) bond motifs is 2. The highest BCUT2D eigenvalue weighted by molar-refractivity contribution is 5.84. The molecule has 0 amide bonds. The fourth-order valence-electron chi connectivity index (χ4n) is 2.79. The van der Waals surface area contributed by atoms with E-state index in [9.17, 15) is 9.90 Å². The molecule has 2 heteroatoms. The standard InChI is InChI=1S/C11H18O2/c12-10-7-3-5-8-4-1-2-6-9(10)11(8)13/h8-10,12H,1-7H2/t8?,9?,10-/m1/s1. The number of hydrogen-bond acceptors (Lipinski definition) is 2. The van der Waals surface area contributed by atoms with E-state index in [4.69, 9.17) is 0 Å². The zero-order chi connectivity index (χ0) is 9.26. The molecule has 2 aliphatic carbocycles. The average molecular weight is 182 g/mol. The molecule has 0 heterocycles. The van der Waals surface area contributed by atoms with Gasteiger partial charge in [0.05, 0.1) is 6.10 Å². The van der Waals surface area contributed by atoms with Gasteiger partial charge in [0.15, 0.2) is 0 Å². The first kappa shape index (κ1) is 9.20. The van der Waals surface area contributed by atoms with Crippen molar-refractivity contribution in [1.29, 1.82) is 0 Å². The van der Waals surface area contributed by atoms with Gasteiger partial charge in [-0.15, -0.1) is 0 Å². The highest BCUT2D eigenvalue weighted by atomic mass is 16.3. The van der Waals surface area contributed by atoms with Crippen LogP contribution in [-0.4, -0.2) is 17.0 Å². The zero-order valence-corrected chi connectivity index (χ0v) is 8.04. The van der Waals surface area contributed by atoms with Crippen LogP contribution in [-0.2, 0) is 4.79 Å². The van der Waals surface area contributed by atoms with E-state index in [2.05, 4.69) is 0 Å². The van der Waals surface area contributed by atoms with Crippen molar-refractivity contribution in [3.8, 4) is 0 Å². The Hall–Kier alpha value is -0.370. The quantitative estimate of drug-likeness (QED) is 0.621. The summed E-state index contributed by atoms with van der Waals surface area (Å²) in [5.41, 5.74) is 0. The van der Waals surface area contributed by atoms with Gasteiger partial charge >= 0.3 is 0 Å². The summed E-state index contributed by atoms with van der Waals surface area (Å²) in [5, 5.41) is 9.78. The molecular formula is C11H18O2. The van der Waals surface area contributed by atoms with Crippen LogP contribution in [0.2, 0.25) is 0 Å². The molecule has 13 heavy (non-hydrogen) atoms. The maximum Gasteiger partial charge on any atom is 0.141 e. The number of carbonyl (C=O) groups is 1. The Labute approximate surface area is 79.3 Å². The number of aliphatic hydroxyl groups is 1. The van der Waals surface area contributed by atoms with Gasteiger partial charge in [0.2, 0.25) is 0 Å². The minimum absolute atomic E-state index is 0.0185. The second kappa shape index (κ2) is 3.79. The molecule has 2 fully saturated rings. The lowest BCUT2D eigenvalue weighted by Crippen LogP contribution is -2.28. The molecule has 0 spiro atoms. The van der Waals surface area contributed by atoms with E-state index < -0.39 is 0 Å². The summed E-state index contributed by atoms with van der Waals surface area (Å²) < 4.78 is 0. The molecule has 3 atom stereocenters. The molecule has 1 N–H and O–H groups in total. The third-order valence-electron chi connectivity index (χ3n) is 3.60. The maximum absolute atomic E-state index is 11.9. The van der Waals surface area contributed by atoms with Crippen molar-refractivity contribution in [3.05, 3.63) is 0 Å². The lowest BCUT2D eigenvalue weighted by Gasteiger charge is -2.18. The van der Waals surface area contributed by atoms with E-state index in [0.717, 1.165) is 38.5 Å². The van der Waals surface area contributed by atoms with Crippen molar-refractivity contribution in [2.75, 3.05) is 0 Å². The number of Topliss-reactive ketones (excluding diaryl/α,β-unsaturated/α-hetero) is 1. The van der Waals surface area contributed by atoms with Crippen LogP contribution in [0.15, 0.2) is 0 Å². The largest absolute Gasteiger partial charge is 0.392 e. The third kappa shape index (κ3) is 1.78. The van der Waals surface area contributed by atoms with Crippen molar-refractivity contribution in [3.63, 3.8) is 0 Å². The fourth-order valence-corrected chi connectivity index (χ4v) is 2.79. The summed E-state index contributed by atoms with van der Waals surface area (Å²) in [6, 6.07) is 0. The minimum Gasteiger partial charge on any atom is -0.392 e. The summed E-state index contributed by atoms with van der Waals surface area (Å²) >= 11 is 0. The monoisotopic (exact) mass is 182 g/mol. The van der Waals surface area contributed by atoms with Crippen LogP contribution in [0.5, 0.6) is 0 Å². The number of ketones is 1. The van der Waals surface area contributed by atoms with Crippen LogP contribution >= 0.6 is 0 Å². The van der Waals surface area contributed by atoms with E-state index in [1.807, 2.05) is 0 Å². The maximum atomic E-state index is 11.9. The molecule has 0 aliphatic heterocycles. The normalized spacial score (nSPS) is 41.0. The topological polar surface area (TPSA) is 37.3 Å². The molecule has 2 saturated carbocycles. The van der Waals surface area contributed by atoms with Crippen molar-refractivity contribution in [2.24, 2.45) is 11.8 Å². The van der Waals surface area contributed by atoms with E-state index in [1.165, 1.54) is 6.42 Å². The number of hydrogen-bond donors (Lipinski definition) is 1. The predicted molar refractivity (Wildman–Crippen MR) is 50.3 cm³/mol. The molecule has 0 aromatic carbocycles. The molecule has 2 unspecified atom stereocenters. The molecule has 2 nitrogen and oxygen atoms in total. The zero-order valence-electron chi connectivity index (χ0n) is 8.04. The third-order valence-corrected chi connectivity index (χ3v) is 3.60. The van der Waals surface area contributed by atoms with Gasteiger partial charge in [-0.05, 0) is 25.7 Å². The first-order valence-corrected chi connectivity index (χ1v) is 5.51. The van der Waals surface area contributed by atoms with Gasteiger partial charge < -0.3 is 5.11 Å². The highest BCUT2D eigenvalue weighted by Crippen LogP contribution is 2.34. The fraction of sp³-hybridized carbons (Fsp3) is 0.909. The first-order chi connectivity index (χ1) is 6.29. The lowest BCUT2D eigenvalue weighted by atomic mass is 9.89. The lowest BCUT2D eigenvalue weighted by molar-refractivity contribution is -0.129. The van der Waals surface area contributed by atoms with Gasteiger partial charge in [0.1, 0.15) is 5.78 Å². The summed E-state index contributed by atoms with van der Waals surface area (Å²) in [6.07, 6.45) is 6.87. The van der Waals surface area contributed by atoms with Gasteiger partial charge in [0.25, 0.3) is 0 Å². The molecule has 74 valence electrons. The Morgan fingerprint density at radius 2 is 1.69 bits per heavy atom. The Balaban J connectivity index is 2.18. The average Bonchev–Trinajstić information content (AvgIpc) is 2.36. The van der Waals surface area contributed by atoms with Crippen molar-refractivity contribution >= 4 is 5.78 Å². The van der Waals surface area contributed by atoms with Crippen molar-refractivity contribution in [1.82, 2.24) is 0 Å². The van der Waals surface area contributed by atoms with Crippen LogP contribution in [0.1, 0.15) is 44.9 Å². The summed E-state index contributed by atoms with van der Waals surface area (Å²) in [6.45, 7) is 0. The van der Waals surface area contributed by atoms with Crippen LogP contribution in [0.3, 0.4) is 0 Å². The Morgan fingerprint density at radius 1 is 1.00 bits per heavy atom. The van der Waals surface area contributed by atoms with E-state index in [0.29, 0.717) is 5.78 Å². The first-order valence-electron chi connectivity index (χ1n) is 5.51. The summed E-state index contributed by atoms with van der Waals surface area (Å²) in [4.78, 5) is 11.9. The van der Waals surface area contributed by atoms with Crippen LogP contribution in [0.4, 0.5) is 0 Å². The molecule has 0 aromatic heterocycles. The Kier molecular flexibility index (Phi) is 2.68. The van der Waals surface area contributed by atoms with Crippen molar-refractivity contribution < 1.29 is 9.90 Å². The number of aliphatic hydroxyl groups excluding tert-OH is 1. The van der Waals surface area contributed by atoms with Gasteiger partial charge in [-0.2, -0.15) is 0 Å². The number of carbonyl (C=O) groups excluding carboxylic acids is 1. The second-order valence-corrected chi connectivity index (χ2v) is 4.49. The summed E-state index contributed by atoms with van der Waals surface area (Å²) in [5.74, 6) is 0.627. The van der Waals surface area contributed by atoms with Crippen molar-refractivity contribution in [2.45, 2.75) is 51.0 Å². The van der Waals surface area contributed by atoms with Gasteiger partial charge in [0, 0.05) is 11.8 Å². The predicted octanol–water partition coefficient (Wildman–Crippen LogP) is 1.91. The molecule has 0 aromatic rings. The SMILES string of the molecule is O=C1C2CCCCC1[C@H](O)CCC2. The van der Waals surface area contributed by atoms with Gasteiger partial charge in [-0.25, -0.2) is 0 Å². The molecule has 2 bridgehead atoms. The Morgan fingerprint density at radius 3 is 2.54 bits per heavy atom. The van der Waals surface area contributed by atoms with Crippen LogP contribution in [0, 0.1) is 11.8 Å². The van der Waals surface area contributed by atoms with E-state index >= 15 is 0 Å². The van der Waals surface area contributed by atoms with Gasteiger partial charge in [-0.3, -0.25) is 4.79 Å². The van der Waals surface area contributed by atoms with Crippen LogP contribution < -0.4 is 0 Å². The second-order valence-electron chi connectivity index (χ2n) is 4.49. The molecule has 2 aliphatic rings. The van der Waals surface area contributed by atoms with E-state index in [-0.39, 0.29) is 17.9 Å². The minimum atomic E-state index is -0.337. The van der Waals surface area contributed by atoms with Crippen LogP contribution in [0.25, 0.3) is 0 Å². The molecule has 2 rings (SSSR count). The highest BCUT2D eigenvalue weighted by Gasteiger charge is 2.35. The Bertz CT molecular complexity index is 200. The van der Waals surface area contributed by atoms with Gasteiger partial charge in [-0.1, -0.05) is 19.3 Å². The molecular weight excluding hydrogens is 164 g/mol. The molecule has 0 radical (unpaired) electrons. The molecule has 0 saturated heterocycles. The number of rotatable bonds is 0. The van der Waals surface area contributed by atoms with E-state index in [1.54, 1.807) is 0 Å². The summed E-state index contributed by atoms with van der Waals surface area (Å²) in [7, 11) is 0. The smallest absolute Gasteiger partial charge is 0.141 e.